The van der Waals surface area contributed by atoms with E-state index in [1.807, 2.05) is 0 Å². The molecule has 80 valence electrons. The molecule has 2 aliphatic rings. The summed E-state index contributed by atoms with van der Waals surface area (Å²) in [6, 6.07) is 0. The molecule has 3 nitrogen and oxygen atoms in total. The van der Waals surface area contributed by atoms with Crippen molar-refractivity contribution in [1.29, 1.82) is 0 Å². The molecule has 1 aliphatic carbocycles. The van der Waals surface area contributed by atoms with Crippen molar-refractivity contribution in [3.05, 3.63) is 0 Å². The monoisotopic (exact) mass is 196 g/mol. The Kier molecular flexibility index (Phi) is 2.11. The summed E-state index contributed by atoms with van der Waals surface area (Å²) in [5, 5.41) is 4.18. The van der Waals surface area contributed by atoms with Gasteiger partial charge >= 0.3 is 0 Å². The fourth-order valence-corrected chi connectivity index (χ4v) is 2.17. The molecule has 3 heteroatoms. The Morgan fingerprint density at radius 3 is 2.43 bits per heavy atom. The van der Waals surface area contributed by atoms with Crippen LogP contribution in [0.15, 0.2) is 5.16 Å². The number of oxime groups is 1. The molecule has 0 unspecified atom stereocenters. The lowest BCUT2D eigenvalue weighted by Crippen LogP contribution is -2.39. The van der Waals surface area contributed by atoms with Crippen molar-refractivity contribution < 1.29 is 4.84 Å². The second-order valence-electron chi connectivity index (χ2n) is 5.53. The quantitative estimate of drug-likeness (QED) is 0.598. The highest BCUT2D eigenvalue weighted by atomic mass is 16.6. The highest BCUT2D eigenvalue weighted by Crippen LogP contribution is 2.52. The summed E-state index contributed by atoms with van der Waals surface area (Å²) in [7, 11) is 1.64. The van der Waals surface area contributed by atoms with Crippen molar-refractivity contribution >= 4 is 5.71 Å². The third-order valence-corrected chi connectivity index (χ3v) is 3.45. The summed E-state index contributed by atoms with van der Waals surface area (Å²) in [5.74, 6) is 0. The molecule has 0 aromatic carbocycles. The topological polar surface area (TPSA) is 24.8 Å². The van der Waals surface area contributed by atoms with Crippen molar-refractivity contribution in [3.63, 3.8) is 0 Å². The van der Waals surface area contributed by atoms with E-state index in [2.05, 4.69) is 30.8 Å². The van der Waals surface area contributed by atoms with Crippen molar-refractivity contribution in [2.75, 3.05) is 20.2 Å². The lowest BCUT2D eigenvalue weighted by Gasteiger charge is -2.31. The predicted octanol–water partition coefficient (Wildman–Crippen LogP) is 1.88. The Labute approximate surface area is 86.1 Å². The summed E-state index contributed by atoms with van der Waals surface area (Å²) in [5.41, 5.74) is 1.90. The third kappa shape index (κ3) is 1.54. The van der Waals surface area contributed by atoms with Gasteiger partial charge in [0.2, 0.25) is 0 Å². The summed E-state index contributed by atoms with van der Waals surface area (Å²) in [4.78, 5) is 7.42. The van der Waals surface area contributed by atoms with E-state index in [1.54, 1.807) is 7.11 Å². The van der Waals surface area contributed by atoms with Gasteiger partial charge in [-0.3, -0.25) is 4.90 Å². The molecule has 0 aromatic rings. The molecule has 1 spiro atoms. The maximum Gasteiger partial charge on any atom is 0.106 e. The van der Waals surface area contributed by atoms with Crippen LogP contribution < -0.4 is 0 Å². The van der Waals surface area contributed by atoms with Crippen LogP contribution in [0.4, 0.5) is 0 Å². The van der Waals surface area contributed by atoms with Gasteiger partial charge in [-0.15, -0.1) is 0 Å². The predicted molar refractivity (Wildman–Crippen MR) is 57.4 cm³/mol. The minimum Gasteiger partial charge on any atom is -0.399 e. The second-order valence-corrected chi connectivity index (χ2v) is 5.53. The first-order chi connectivity index (χ1) is 6.48. The summed E-state index contributed by atoms with van der Waals surface area (Å²) < 4.78 is 0. The van der Waals surface area contributed by atoms with E-state index in [-0.39, 0.29) is 5.54 Å². The zero-order chi connectivity index (χ0) is 10.4. The molecular formula is C11H20N2O. The van der Waals surface area contributed by atoms with Gasteiger partial charge in [0.05, 0.1) is 5.71 Å². The smallest absolute Gasteiger partial charge is 0.106 e. The molecule has 1 saturated heterocycles. The molecule has 1 heterocycles. The first kappa shape index (κ1) is 9.97. The van der Waals surface area contributed by atoms with Gasteiger partial charge in [0.25, 0.3) is 0 Å². The maximum absolute atomic E-state index is 4.92. The van der Waals surface area contributed by atoms with Gasteiger partial charge in [0.1, 0.15) is 7.11 Å². The van der Waals surface area contributed by atoms with Crippen LogP contribution in [-0.2, 0) is 4.84 Å². The van der Waals surface area contributed by atoms with E-state index in [0.717, 1.165) is 6.54 Å². The normalized spacial score (nSPS) is 28.7. The van der Waals surface area contributed by atoms with E-state index in [9.17, 15) is 0 Å². The van der Waals surface area contributed by atoms with E-state index in [0.29, 0.717) is 5.41 Å². The van der Waals surface area contributed by atoms with Crippen LogP contribution in [0.2, 0.25) is 0 Å². The molecule has 0 radical (unpaired) electrons. The van der Waals surface area contributed by atoms with Crippen LogP contribution in [0.5, 0.6) is 0 Å². The molecule has 0 amide bonds. The molecular weight excluding hydrogens is 176 g/mol. The van der Waals surface area contributed by atoms with E-state index >= 15 is 0 Å². The van der Waals surface area contributed by atoms with Crippen molar-refractivity contribution in [2.24, 2.45) is 10.6 Å². The van der Waals surface area contributed by atoms with Gasteiger partial charge in [-0.05, 0) is 33.6 Å². The maximum atomic E-state index is 4.92. The molecule has 1 saturated carbocycles. The average Bonchev–Trinajstić information content (AvgIpc) is 2.71. The summed E-state index contributed by atoms with van der Waals surface area (Å²) in [6.07, 6.45) is 2.59. The van der Waals surface area contributed by atoms with Crippen LogP contribution in [0.25, 0.3) is 0 Å². The number of rotatable bonds is 1. The van der Waals surface area contributed by atoms with Gasteiger partial charge < -0.3 is 4.84 Å². The fourth-order valence-electron chi connectivity index (χ4n) is 2.17. The van der Waals surface area contributed by atoms with E-state index in [1.165, 1.54) is 25.1 Å². The Morgan fingerprint density at radius 1 is 1.36 bits per heavy atom. The molecule has 0 bridgehead atoms. The zero-order valence-electron chi connectivity index (χ0n) is 9.63. The molecule has 2 rings (SSSR count). The number of likely N-dealkylation sites (tertiary alicyclic amines) is 1. The van der Waals surface area contributed by atoms with Crippen LogP contribution in [0.1, 0.15) is 33.6 Å². The van der Waals surface area contributed by atoms with Crippen LogP contribution >= 0.6 is 0 Å². The number of hydrogen-bond acceptors (Lipinski definition) is 3. The van der Waals surface area contributed by atoms with Gasteiger partial charge in [-0.25, -0.2) is 0 Å². The number of hydrogen-bond donors (Lipinski definition) is 0. The Morgan fingerprint density at radius 2 is 2.00 bits per heavy atom. The van der Waals surface area contributed by atoms with Gasteiger partial charge in [0, 0.05) is 24.0 Å². The summed E-state index contributed by atoms with van der Waals surface area (Å²) in [6.45, 7) is 8.94. The Hall–Kier alpha value is -0.570. The molecule has 2 fully saturated rings. The van der Waals surface area contributed by atoms with Gasteiger partial charge in [-0.2, -0.15) is 0 Å². The molecule has 0 atom stereocenters. The first-order valence-electron chi connectivity index (χ1n) is 5.33. The van der Waals surface area contributed by atoms with Crippen LogP contribution in [-0.4, -0.2) is 36.3 Å². The zero-order valence-corrected chi connectivity index (χ0v) is 9.63. The van der Waals surface area contributed by atoms with Crippen LogP contribution in [0, 0.1) is 5.41 Å². The molecule has 14 heavy (non-hydrogen) atoms. The third-order valence-electron chi connectivity index (χ3n) is 3.45. The Balaban J connectivity index is 2.14. The van der Waals surface area contributed by atoms with Crippen molar-refractivity contribution in [3.8, 4) is 0 Å². The Bertz CT molecular complexity index is 261. The molecule has 0 N–H and O–H groups in total. The fraction of sp³-hybridized carbons (Fsp3) is 0.909. The van der Waals surface area contributed by atoms with Gasteiger partial charge in [-0.1, -0.05) is 5.16 Å². The van der Waals surface area contributed by atoms with E-state index < -0.39 is 0 Å². The standard InChI is InChI=1S/C11H20N2O/c1-10(2,3)13-7-9(12-14-4)11(8-13)5-6-11/h5-8H2,1-4H3/b12-9-. The first-order valence-corrected chi connectivity index (χ1v) is 5.33. The van der Waals surface area contributed by atoms with Crippen molar-refractivity contribution in [1.82, 2.24) is 4.90 Å². The second kappa shape index (κ2) is 2.96. The average molecular weight is 196 g/mol. The lowest BCUT2D eigenvalue weighted by molar-refractivity contribution is 0.167. The van der Waals surface area contributed by atoms with E-state index in [4.69, 9.17) is 4.84 Å². The van der Waals surface area contributed by atoms with Gasteiger partial charge in [0.15, 0.2) is 0 Å². The van der Waals surface area contributed by atoms with Crippen LogP contribution in [0.3, 0.4) is 0 Å². The highest BCUT2D eigenvalue weighted by Gasteiger charge is 2.55. The lowest BCUT2D eigenvalue weighted by atomic mass is 10.0. The minimum atomic E-state index is 0.251. The highest BCUT2D eigenvalue weighted by molar-refractivity contribution is 5.96. The SMILES string of the molecule is CO/N=C1/CN(C(C)(C)C)CC12CC2. The molecule has 0 aromatic heterocycles. The largest absolute Gasteiger partial charge is 0.399 e. The van der Waals surface area contributed by atoms with Crippen molar-refractivity contribution in [2.45, 2.75) is 39.2 Å². The minimum absolute atomic E-state index is 0.251. The summed E-state index contributed by atoms with van der Waals surface area (Å²) >= 11 is 0. The number of nitrogens with zero attached hydrogens (tertiary/aromatic N) is 2. The molecule has 1 aliphatic heterocycles.